The van der Waals surface area contributed by atoms with Crippen molar-refractivity contribution in [2.45, 2.75) is 13.0 Å². The molecule has 1 aliphatic carbocycles. The van der Waals surface area contributed by atoms with Gasteiger partial charge in [0, 0.05) is 30.1 Å². The molecule has 0 bridgehead atoms. The summed E-state index contributed by atoms with van der Waals surface area (Å²) in [6.07, 6.45) is 3.97. The number of ether oxygens (including phenoxy) is 1. The molecule has 3 N–H and O–H groups in total. The van der Waals surface area contributed by atoms with Crippen molar-refractivity contribution in [1.82, 2.24) is 10.3 Å². The lowest BCUT2D eigenvalue weighted by Gasteiger charge is -2.11. The van der Waals surface area contributed by atoms with E-state index in [9.17, 15) is 9.59 Å². The number of rotatable bonds is 6. The molecular weight excluding hydrogens is 426 g/mol. The Morgan fingerprint density at radius 1 is 1.00 bits per heavy atom. The number of carbonyl (C=O) groups is 2. The molecule has 5 rings (SSSR count). The first kappa shape index (κ1) is 21.4. The highest BCUT2D eigenvalue weighted by molar-refractivity contribution is 6.01. The zero-order valence-corrected chi connectivity index (χ0v) is 18.7. The van der Waals surface area contributed by atoms with Crippen LogP contribution >= 0.6 is 0 Å². The predicted octanol–water partition coefficient (Wildman–Crippen LogP) is 4.36. The number of primary amides is 1. The molecule has 168 valence electrons. The fourth-order valence-corrected chi connectivity index (χ4v) is 4.41. The number of nitrogens with one attached hydrogen (secondary N) is 1. The zero-order valence-electron chi connectivity index (χ0n) is 18.7. The number of methoxy groups -OCH3 is 1. The van der Waals surface area contributed by atoms with Crippen molar-refractivity contribution >= 4 is 11.8 Å². The first-order valence-electron chi connectivity index (χ1n) is 10.9. The largest absolute Gasteiger partial charge is 0.497 e. The Bertz CT molecular complexity index is 1410. The van der Waals surface area contributed by atoms with Gasteiger partial charge in [-0.2, -0.15) is 0 Å². The van der Waals surface area contributed by atoms with Gasteiger partial charge >= 0.3 is 0 Å². The number of carbonyl (C=O) groups excluding carboxylic acids is 2. The molecule has 2 amide bonds. The van der Waals surface area contributed by atoms with Gasteiger partial charge in [0.2, 0.25) is 5.91 Å². The third kappa shape index (κ3) is 4.01. The highest BCUT2D eigenvalue weighted by Gasteiger charge is 2.25. The van der Waals surface area contributed by atoms with Gasteiger partial charge in [0.15, 0.2) is 0 Å². The highest BCUT2D eigenvalue weighted by atomic mass is 16.5. The van der Waals surface area contributed by atoms with E-state index >= 15 is 0 Å². The van der Waals surface area contributed by atoms with Gasteiger partial charge in [0.25, 0.3) is 5.91 Å². The van der Waals surface area contributed by atoms with E-state index in [-0.39, 0.29) is 5.91 Å². The van der Waals surface area contributed by atoms with Crippen LogP contribution in [0.25, 0.3) is 22.3 Å². The first-order chi connectivity index (χ1) is 16.5. The van der Waals surface area contributed by atoms with Crippen molar-refractivity contribution < 1.29 is 14.3 Å². The van der Waals surface area contributed by atoms with E-state index in [1.807, 2.05) is 60.7 Å². The van der Waals surface area contributed by atoms with Crippen LogP contribution in [0.15, 0.2) is 79.1 Å². The fourth-order valence-electron chi connectivity index (χ4n) is 4.41. The molecule has 0 atom stereocenters. The van der Waals surface area contributed by atoms with E-state index in [1.54, 1.807) is 19.5 Å². The Kier molecular flexibility index (Phi) is 5.55. The van der Waals surface area contributed by atoms with Gasteiger partial charge in [-0.25, -0.2) is 0 Å². The average molecular weight is 450 g/mol. The van der Waals surface area contributed by atoms with Gasteiger partial charge < -0.3 is 15.8 Å². The van der Waals surface area contributed by atoms with Crippen LogP contribution < -0.4 is 15.8 Å². The smallest absolute Gasteiger partial charge is 0.251 e. The molecule has 34 heavy (non-hydrogen) atoms. The summed E-state index contributed by atoms with van der Waals surface area (Å²) in [5.41, 5.74) is 13.4. The molecule has 1 aromatic heterocycles. The lowest BCUT2D eigenvalue weighted by molar-refractivity contribution is 0.0949. The number of amides is 2. The minimum absolute atomic E-state index is 0.158. The van der Waals surface area contributed by atoms with Gasteiger partial charge in [0.05, 0.1) is 7.11 Å². The van der Waals surface area contributed by atoms with E-state index in [1.165, 1.54) is 0 Å². The van der Waals surface area contributed by atoms with Crippen LogP contribution in [0.2, 0.25) is 0 Å². The summed E-state index contributed by atoms with van der Waals surface area (Å²) in [7, 11) is 1.62. The molecule has 4 aromatic rings. The zero-order chi connectivity index (χ0) is 23.7. The third-order valence-corrected chi connectivity index (χ3v) is 6.12. The van der Waals surface area contributed by atoms with Gasteiger partial charge in [-0.3, -0.25) is 14.6 Å². The van der Waals surface area contributed by atoms with E-state index in [0.717, 1.165) is 44.7 Å². The molecule has 0 saturated carbocycles. The number of hydrogen-bond acceptors (Lipinski definition) is 4. The summed E-state index contributed by atoms with van der Waals surface area (Å²) in [5.74, 6) is 0.110. The topological polar surface area (TPSA) is 94.3 Å². The van der Waals surface area contributed by atoms with Crippen molar-refractivity contribution in [2.24, 2.45) is 5.73 Å². The van der Waals surface area contributed by atoms with E-state index < -0.39 is 5.91 Å². The molecule has 6 heteroatoms. The number of benzene rings is 3. The van der Waals surface area contributed by atoms with Gasteiger partial charge in [0.1, 0.15) is 5.75 Å². The van der Waals surface area contributed by atoms with Crippen LogP contribution in [0.4, 0.5) is 0 Å². The Morgan fingerprint density at radius 3 is 2.65 bits per heavy atom. The number of aromatic nitrogens is 1. The van der Waals surface area contributed by atoms with Crippen LogP contribution in [0.5, 0.6) is 5.75 Å². The summed E-state index contributed by atoms with van der Waals surface area (Å²) in [6, 6.07) is 21.0. The van der Waals surface area contributed by atoms with E-state index in [4.69, 9.17) is 10.5 Å². The summed E-state index contributed by atoms with van der Waals surface area (Å²) in [6.45, 7) is 0.402. The third-order valence-electron chi connectivity index (χ3n) is 6.12. The lowest BCUT2D eigenvalue weighted by Crippen LogP contribution is -2.22. The molecule has 1 aliphatic rings. The second-order valence-electron chi connectivity index (χ2n) is 8.24. The number of hydrogen-bond donors (Lipinski definition) is 2. The van der Waals surface area contributed by atoms with Crippen LogP contribution in [-0.4, -0.2) is 23.9 Å². The lowest BCUT2D eigenvalue weighted by atomic mass is 9.94. The SMILES string of the molecule is COc1cccc(-c2cc(C(N)=O)c3c(c2)-c2ccc(C(=O)NCc4cccnc4)cc2C3)c1. The molecule has 3 aromatic carbocycles. The number of fused-ring (bicyclic) bond motifs is 3. The molecule has 0 spiro atoms. The maximum absolute atomic E-state index is 12.7. The van der Waals surface area contributed by atoms with Crippen molar-refractivity contribution in [1.29, 1.82) is 0 Å². The summed E-state index contributed by atoms with van der Waals surface area (Å²) >= 11 is 0. The van der Waals surface area contributed by atoms with E-state index in [2.05, 4.69) is 16.4 Å². The summed E-state index contributed by atoms with van der Waals surface area (Å²) < 4.78 is 5.35. The Balaban J connectivity index is 1.48. The van der Waals surface area contributed by atoms with Crippen molar-refractivity contribution in [2.75, 3.05) is 7.11 Å². The minimum atomic E-state index is -0.469. The van der Waals surface area contributed by atoms with Crippen LogP contribution in [-0.2, 0) is 13.0 Å². The second kappa shape index (κ2) is 8.83. The molecule has 0 saturated heterocycles. The quantitative estimate of drug-likeness (QED) is 0.403. The van der Waals surface area contributed by atoms with Crippen molar-refractivity contribution in [3.05, 3.63) is 107 Å². The van der Waals surface area contributed by atoms with Crippen molar-refractivity contribution in [3.8, 4) is 28.0 Å². The first-order valence-corrected chi connectivity index (χ1v) is 10.9. The Hall–Kier alpha value is -4.45. The standard InChI is InChI=1S/C28H23N3O3/c1-34-22-6-2-5-18(11-22)20-12-24-23-8-7-19(28(33)31-16-17-4-3-9-30-15-17)10-21(23)14-25(24)26(13-20)27(29)32/h2-13,15H,14,16H2,1H3,(H2,29,32)(H,31,33). The second-order valence-corrected chi connectivity index (χ2v) is 8.24. The van der Waals surface area contributed by atoms with Crippen LogP contribution in [0.3, 0.4) is 0 Å². The fraction of sp³-hybridized carbons (Fsp3) is 0.107. The molecule has 0 unspecified atom stereocenters. The highest BCUT2D eigenvalue weighted by Crippen LogP contribution is 2.41. The Morgan fingerprint density at radius 2 is 1.88 bits per heavy atom. The predicted molar refractivity (Wildman–Crippen MR) is 131 cm³/mol. The van der Waals surface area contributed by atoms with Gasteiger partial charge in [-0.05, 0) is 87.8 Å². The minimum Gasteiger partial charge on any atom is -0.497 e. The molecule has 1 heterocycles. The molecule has 6 nitrogen and oxygen atoms in total. The molecule has 0 radical (unpaired) electrons. The normalized spacial score (nSPS) is 11.4. The van der Waals surface area contributed by atoms with E-state index in [0.29, 0.717) is 24.1 Å². The number of nitrogens with two attached hydrogens (primary N) is 1. The van der Waals surface area contributed by atoms with Crippen molar-refractivity contribution in [3.63, 3.8) is 0 Å². The molecular formula is C28H23N3O3. The van der Waals surface area contributed by atoms with Crippen LogP contribution in [0.1, 0.15) is 37.4 Å². The monoisotopic (exact) mass is 449 g/mol. The molecule has 0 aliphatic heterocycles. The van der Waals surface area contributed by atoms with Crippen LogP contribution in [0, 0.1) is 0 Å². The number of pyridine rings is 1. The number of nitrogens with zero attached hydrogens (tertiary/aromatic N) is 1. The Labute approximate surface area is 197 Å². The van der Waals surface area contributed by atoms with Gasteiger partial charge in [-0.15, -0.1) is 0 Å². The maximum atomic E-state index is 12.7. The van der Waals surface area contributed by atoms with Gasteiger partial charge in [-0.1, -0.05) is 24.3 Å². The average Bonchev–Trinajstić information content (AvgIpc) is 3.25. The summed E-state index contributed by atoms with van der Waals surface area (Å²) in [4.78, 5) is 29.2. The summed E-state index contributed by atoms with van der Waals surface area (Å²) in [5, 5.41) is 2.93. The maximum Gasteiger partial charge on any atom is 0.251 e. The molecule has 0 fully saturated rings.